The molecule has 34 heavy (non-hydrogen) atoms. The molecule has 11 atom stereocenters. The fourth-order valence-electron chi connectivity index (χ4n) is 12.3. The van der Waals surface area contributed by atoms with Crippen LogP contribution in [0.25, 0.3) is 0 Å². The van der Waals surface area contributed by atoms with Crippen molar-refractivity contribution in [2.75, 3.05) is 6.61 Å². The molecule has 1 N–H and O–H groups in total. The number of rotatable bonds is 0. The molecule has 4 heteroatoms. The maximum Gasteiger partial charge on any atom is 0.127 e. The topological polar surface area (TPSA) is 54.4 Å². The maximum absolute atomic E-state index is 10.3. The molecular weight excluding hydrogens is 422 g/mol. The van der Waals surface area contributed by atoms with Gasteiger partial charge in [-0.1, -0.05) is 53.6 Å². The minimum Gasteiger partial charge on any atom is -0.411 e. The zero-order chi connectivity index (χ0) is 24.1. The van der Waals surface area contributed by atoms with Crippen molar-refractivity contribution in [1.82, 2.24) is 0 Å². The molecule has 0 aromatic carbocycles. The fourth-order valence-corrected chi connectivity index (χ4v) is 12.3. The molecule has 7 aliphatic rings. The minimum absolute atomic E-state index is 0.0344. The summed E-state index contributed by atoms with van der Waals surface area (Å²) in [6.45, 7) is 18.6. The van der Waals surface area contributed by atoms with E-state index in [1.54, 1.807) is 0 Å². The van der Waals surface area contributed by atoms with Crippen LogP contribution >= 0.6 is 0 Å². The Kier molecular flexibility index (Phi) is 4.16. The highest BCUT2D eigenvalue weighted by Crippen LogP contribution is 2.78. The van der Waals surface area contributed by atoms with Crippen LogP contribution < -0.4 is 0 Å². The van der Waals surface area contributed by atoms with E-state index in [4.69, 9.17) is 9.47 Å². The van der Waals surface area contributed by atoms with Gasteiger partial charge in [-0.25, -0.2) is 0 Å². The van der Waals surface area contributed by atoms with Crippen molar-refractivity contribution >= 4 is 5.71 Å². The summed E-state index contributed by atoms with van der Waals surface area (Å²) in [4.78, 5) is 0. The van der Waals surface area contributed by atoms with Gasteiger partial charge in [0.2, 0.25) is 0 Å². The molecular formula is C30H47NO3. The first-order valence-corrected chi connectivity index (χ1v) is 14.4. The van der Waals surface area contributed by atoms with E-state index in [9.17, 15) is 5.21 Å². The van der Waals surface area contributed by atoms with Crippen molar-refractivity contribution in [2.24, 2.45) is 61.3 Å². The van der Waals surface area contributed by atoms with Gasteiger partial charge < -0.3 is 14.7 Å². The zero-order valence-electron chi connectivity index (χ0n) is 22.6. The number of fused-ring (bicyclic) bond motifs is 6. The highest BCUT2D eigenvalue weighted by Gasteiger charge is 2.76. The lowest BCUT2D eigenvalue weighted by atomic mass is 9.31. The van der Waals surface area contributed by atoms with Gasteiger partial charge in [0, 0.05) is 5.41 Å². The largest absolute Gasteiger partial charge is 0.411 e. The summed E-state index contributed by atoms with van der Waals surface area (Å²) >= 11 is 0. The second-order valence-electron chi connectivity index (χ2n) is 15.8. The third-order valence-electron chi connectivity index (χ3n) is 14.3. The molecule has 2 heterocycles. The van der Waals surface area contributed by atoms with Crippen LogP contribution in [0.5, 0.6) is 0 Å². The molecule has 0 aromatic heterocycles. The summed E-state index contributed by atoms with van der Waals surface area (Å²) in [5, 5.41) is 14.3. The lowest BCUT2D eigenvalue weighted by Crippen LogP contribution is -2.69. The summed E-state index contributed by atoms with van der Waals surface area (Å²) < 4.78 is 12.9. The molecule has 0 radical (unpaired) electrons. The van der Waals surface area contributed by atoms with Crippen molar-refractivity contribution in [3.63, 3.8) is 0 Å². The van der Waals surface area contributed by atoms with Crippen LogP contribution in [0.2, 0.25) is 0 Å². The van der Waals surface area contributed by atoms with Crippen molar-refractivity contribution in [3.05, 3.63) is 0 Å². The molecule has 190 valence electrons. The van der Waals surface area contributed by atoms with Crippen LogP contribution in [0.4, 0.5) is 0 Å². The van der Waals surface area contributed by atoms with Gasteiger partial charge in [0.25, 0.3) is 0 Å². The maximum atomic E-state index is 10.3. The van der Waals surface area contributed by atoms with E-state index in [0.29, 0.717) is 34.2 Å². The summed E-state index contributed by atoms with van der Waals surface area (Å²) in [7, 11) is 0. The number of hydrogen-bond acceptors (Lipinski definition) is 4. The average molecular weight is 470 g/mol. The Morgan fingerprint density at radius 3 is 2.26 bits per heavy atom. The molecule has 5 saturated carbocycles. The SMILES string of the molecule is CC1(C)CC[C@]23CC[C@]4(C)[C@H](CC[C@@H]5[C@@]6(C)/C(=N/O)[C@H]7O[C@H]7C(C)(C)[C@@H]6CC[C@]54C)[C@H]2[C@H]1OC3. The Labute approximate surface area is 206 Å². The van der Waals surface area contributed by atoms with Gasteiger partial charge in [-0.3, -0.25) is 0 Å². The Hall–Kier alpha value is -0.610. The van der Waals surface area contributed by atoms with E-state index < -0.39 is 0 Å². The standard InChI is InChI=1S/C30H47NO3/c1-25(2)12-14-30-15-13-27(5)17(20(30)23(25)33-16-30)8-9-19-28(27,6)11-10-18-26(3,4)24-21(34-24)22(31-32)29(18,19)7/h17-21,23-24,32H,8-16H2,1-7H3/b31-22+/t17-,18+,19+,20+,21-,23-,24-,27-,28-,29+,30-/m1/s1. The molecule has 0 aromatic rings. The number of epoxide rings is 1. The third-order valence-corrected chi connectivity index (χ3v) is 14.3. The van der Waals surface area contributed by atoms with Gasteiger partial charge in [-0.05, 0) is 102 Å². The number of ether oxygens (including phenoxy) is 2. The van der Waals surface area contributed by atoms with Crippen LogP contribution in [-0.4, -0.2) is 35.8 Å². The molecule has 2 aliphatic heterocycles. The highest BCUT2D eigenvalue weighted by molar-refractivity contribution is 5.98. The normalized spacial score (nSPS) is 61.5. The molecule has 5 aliphatic carbocycles. The van der Waals surface area contributed by atoms with Crippen molar-refractivity contribution in [2.45, 2.75) is 118 Å². The fraction of sp³-hybridized carbons (Fsp3) is 0.967. The van der Waals surface area contributed by atoms with E-state index in [2.05, 4.69) is 53.6 Å². The van der Waals surface area contributed by atoms with E-state index >= 15 is 0 Å². The van der Waals surface area contributed by atoms with Crippen LogP contribution in [0.1, 0.15) is 99.8 Å². The van der Waals surface area contributed by atoms with Crippen molar-refractivity contribution in [1.29, 1.82) is 0 Å². The Morgan fingerprint density at radius 1 is 0.794 bits per heavy atom. The Balaban J connectivity index is 1.32. The molecule has 0 unspecified atom stereocenters. The smallest absolute Gasteiger partial charge is 0.127 e. The highest BCUT2D eigenvalue weighted by atomic mass is 16.6. The first kappa shape index (κ1) is 22.6. The predicted molar refractivity (Wildman–Crippen MR) is 133 cm³/mol. The van der Waals surface area contributed by atoms with Gasteiger partial charge in [-0.15, -0.1) is 0 Å². The van der Waals surface area contributed by atoms with Gasteiger partial charge >= 0.3 is 0 Å². The first-order valence-electron chi connectivity index (χ1n) is 14.4. The van der Waals surface area contributed by atoms with E-state index in [-0.39, 0.29) is 28.5 Å². The third kappa shape index (κ3) is 2.25. The zero-order valence-corrected chi connectivity index (χ0v) is 22.6. The summed E-state index contributed by atoms with van der Waals surface area (Å²) in [5.74, 6) is 2.56. The van der Waals surface area contributed by atoms with Crippen LogP contribution in [-0.2, 0) is 9.47 Å². The Bertz CT molecular complexity index is 957. The van der Waals surface area contributed by atoms with Gasteiger partial charge in [0.1, 0.15) is 6.10 Å². The molecule has 7 rings (SSSR count). The molecule has 2 saturated heterocycles. The van der Waals surface area contributed by atoms with Crippen LogP contribution in [0, 0.1) is 56.2 Å². The monoisotopic (exact) mass is 469 g/mol. The summed E-state index contributed by atoms with van der Waals surface area (Å²) in [6.07, 6.45) is 11.2. The molecule has 7 fully saturated rings. The van der Waals surface area contributed by atoms with E-state index in [1.807, 2.05) is 0 Å². The second kappa shape index (κ2) is 6.26. The molecule has 2 bridgehead atoms. The van der Waals surface area contributed by atoms with Crippen LogP contribution in [0.15, 0.2) is 5.16 Å². The first-order chi connectivity index (χ1) is 15.9. The molecule has 0 spiro atoms. The second-order valence-corrected chi connectivity index (χ2v) is 15.8. The lowest BCUT2D eigenvalue weighted by molar-refractivity contribution is -0.224. The minimum atomic E-state index is -0.0760. The van der Waals surface area contributed by atoms with Crippen molar-refractivity contribution < 1.29 is 14.7 Å². The predicted octanol–water partition coefficient (Wildman–Crippen LogP) is 6.69. The quantitative estimate of drug-likeness (QED) is 0.244. The van der Waals surface area contributed by atoms with Gasteiger partial charge in [0.15, 0.2) is 0 Å². The van der Waals surface area contributed by atoms with E-state index in [0.717, 1.165) is 24.2 Å². The Morgan fingerprint density at radius 2 is 1.53 bits per heavy atom. The number of nitrogens with zero attached hydrogens (tertiary/aromatic N) is 1. The van der Waals surface area contributed by atoms with Crippen LogP contribution in [0.3, 0.4) is 0 Å². The average Bonchev–Trinajstić information content (AvgIpc) is 3.48. The number of hydrogen-bond donors (Lipinski definition) is 1. The van der Waals surface area contributed by atoms with E-state index in [1.165, 1.54) is 51.4 Å². The number of oxime groups is 1. The lowest BCUT2D eigenvalue weighted by Gasteiger charge is -2.72. The van der Waals surface area contributed by atoms with Crippen molar-refractivity contribution in [3.8, 4) is 0 Å². The summed E-state index contributed by atoms with van der Waals surface area (Å²) in [5.41, 5.74) is 2.37. The molecule has 0 amide bonds. The van der Waals surface area contributed by atoms with Gasteiger partial charge in [-0.2, -0.15) is 0 Å². The summed E-state index contributed by atoms with van der Waals surface area (Å²) in [6, 6.07) is 0. The molecule has 4 nitrogen and oxygen atoms in total. The van der Waals surface area contributed by atoms with Gasteiger partial charge in [0.05, 0.1) is 24.5 Å².